The first-order valence-corrected chi connectivity index (χ1v) is 12.1. The molecule has 0 aromatic heterocycles. The number of benzene rings is 2. The number of likely N-dealkylation sites (tertiary alicyclic amines) is 1. The maximum Gasteiger partial charge on any atom is 0.251 e. The molecule has 1 saturated carbocycles. The molecule has 4 rings (SSSR count). The van der Waals surface area contributed by atoms with E-state index in [1.807, 2.05) is 59.5 Å². The third-order valence-corrected chi connectivity index (χ3v) is 6.77. The molecular weight excluding hydrogens is 400 g/mol. The lowest BCUT2D eigenvalue weighted by atomic mass is 9.93. The number of carbonyl (C=O) groups excluding carboxylic acids is 2. The molecule has 2 fully saturated rings. The van der Waals surface area contributed by atoms with Crippen LogP contribution in [0, 0.1) is 0 Å². The maximum absolute atomic E-state index is 13.1. The van der Waals surface area contributed by atoms with Gasteiger partial charge in [-0.15, -0.1) is 0 Å². The first-order valence-electron chi connectivity index (χ1n) is 12.1. The molecule has 1 aliphatic carbocycles. The number of amides is 2. The van der Waals surface area contributed by atoms with Crippen LogP contribution >= 0.6 is 0 Å². The van der Waals surface area contributed by atoms with E-state index in [0.717, 1.165) is 43.4 Å². The summed E-state index contributed by atoms with van der Waals surface area (Å²) in [7, 11) is 0. The Hall–Kier alpha value is -2.82. The molecule has 2 aromatic rings. The minimum Gasteiger partial charge on any atom is -0.490 e. The van der Waals surface area contributed by atoms with Crippen molar-refractivity contribution < 1.29 is 14.3 Å². The van der Waals surface area contributed by atoms with Crippen molar-refractivity contribution in [2.24, 2.45) is 0 Å². The fourth-order valence-electron chi connectivity index (χ4n) is 4.86. The van der Waals surface area contributed by atoms with Crippen LogP contribution in [0.3, 0.4) is 0 Å². The normalized spacial score (nSPS) is 18.3. The fraction of sp³-hybridized carbons (Fsp3) is 0.481. The number of nitrogens with one attached hydrogen (secondary N) is 1. The molecule has 1 aliphatic heterocycles. The molecule has 170 valence electrons. The Labute approximate surface area is 191 Å². The zero-order valence-electron chi connectivity index (χ0n) is 19.0. The SMILES string of the molecule is CCC(C(=O)N1CCC(NC(=O)c2ccc(OC3CCCC3)cc2)CC1)c1ccccc1. The van der Waals surface area contributed by atoms with E-state index in [1.54, 1.807) is 0 Å². The molecule has 1 atom stereocenters. The third-order valence-electron chi connectivity index (χ3n) is 6.77. The molecular formula is C27H34N2O3. The van der Waals surface area contributed by atoms with Crippen LogP contribution in [-0.2, 0) is 4.79 Å². The van der Waals surface area contributed by atoms with Crippen molar-refractivity contribution in [1.29, 1.82) is 0 Å². The van der Waals surface area contributed by atoms with E-state index < -0.39 is 0 Å². The van der Waals surface area contributed by atoms with Crippen molar-refractivity contribution in [2.45, 2.75) is 69.9 Å². The molecule has 0 bridgehead atoms. The van der Waals surface area contributed by atoms with Gasteiger partial charge in [-0.1, -0.05) is 37.3 Å². The molecule has 2 aliphatic rings. The Bertz CT molecular complexity index is 883. The Balaban J connectivity index is 1.26. The topological polar surface area (TPSA) is 58.6 Å². The van der Waals surface area contributed by atoms with Gasteiger partial charge in [0.05, 0.1) is 12.0 Å². The van der Waals surface area contributed by atoms with Crippen LogP contribution in [0.15, 0.2) is 54.6 Å². The molecule has 5 nitrogen and oxygen atoms in total. The first-order chi connectivity index (χ1) is 15.6. The van der Waals surface area contributed by atoms with Crippen LogP contribution in [0.2, 0.25) is 0 Å². The number of hydrogen-bond donors (Lipinski definition) is 1. The Morgan fingerprint density at radius 1 is 0.969 bits per heavy atom. The monoisotopic (exact) mass is 434 g/mol. The number of piperidine rings is 1. The van der Waals surface area contributed by atoms with Crippen molar-refractivity contribution in [3.05, 3.63) is 65.7 Å². The largest absolute Gasteiger partial charge is 0.490 e. The van der Waals surface area contributed by atoms with E-state index in [2.05, 4.69) is 12.2 Å². The van der Waals surface area contributed by atoms with Gasteiger partial charge in [-0.3, -0.25) is 9.59 Å². The van der Waals surface area contributed by atoms with E-state index in [0.29, 0.717) is 24.8 Å². The number of rotatable bonds is 7. The molecule has 32 heavy (non-hydrogen) atoms. The third kappa shape index (κ3) is 5.50. The smallest absolute Gasteiger partial charge is 0.251 e. The summed E-state index contributed by atoms with van der Waals surface area (Å²) in [6, 6.07) is 17.6. The van der Waals surface area contributed by atoms with Gasteiger partial charge in [-0.2, -0.15) is 0 Å². The summed E-state index contributed by atoms with van der Waals surface area (Å²) in [5.41, 5.74) is 1.73. The van der Waals surface area contributed by atoms with E-state index in [1.165, 1.54) is 12.8 Å². The Morgan fingerprint density at radius 3 is 2.25 bits per heavy atom. The lowest BCUT2D eigenvalue weighted by Crippen LogP contribution is -2.47. The highest BCUT2D eigenvalue weighted by Gasteiger charge is 2.29. The summed E-state index contributed by atoms with van der Waals surface area (Å²) in [4.78, 5) is 27.7. The van der Waals surface area contributed by atoms with Gasteiger partial charge < -0.3 is 15.0 Å². The van der Waals surface area contributed by atoms with Crippen molar-refractivity contribution in [2.75, 3.05) is 13.1 Å². The van der Waals surface area contributed by atoms with Crippen molar-refractivity contribution >= 4 is 11.8 Å². The predicted octanol–water partition coefficient (Wildman–Crippen LogP) is 4.92. The van der Waals surface area contributed by atoms with Gasteiger partial charge in [0.2, 0.25) is 5.91 Å². The summed E-state index contributed by atoms with van der Waals surface area (Å²) in [5.74, 6) is 0.885. The lowest BCUT2D eigenvalue weighted by molar-refractivity contribution is -0.134. The maximum atomic E-state index is 13.1. The Kier molecular flexibility index (Phi) is 7.46. The fourth-order valence-corrected chi connectivity index (χ4v) is 4.86. The molecule has 2 aromatic carbocycles. The molecule has 1 N–H and O–H groups in total. The minimum absolute atomic E-state index is 0.0575. The summed E-state index contributed by atoms with van der Waals surface area (Å²) in [6.07, 6.45) is 7.39. The molecule has 1 unspecified atom stereocenters. The van der Waals surface area contributed by atoms with E-state index in [-0.39, 0.29) is 23.8 Å². The lowest BCUT2D eigenvalue weighted by Gasteiger charge is -2.34. The van der Waals surface area contributed by atoms with Gasteiger partial charge in [0.25, 0.3) is 5.91 Å². The zero-order chi connectivity index (χ0) is 22.3. The van der Waals surface area contributed by atoms with Crippen molar-refractivity contribution in [3.8, 4) is 5.75 Å². The van der Waals surface area contributed by atoms with Crippen LogP contribution in [0.1, 0.15) is 73.7 Å². The summed E-state index contributed by atoms with van der Waals surface area (Å²) in [6.45, 7) is 3.43. The number of carbonyl (C=O) groups is 2. The second kappa shape index (κ2) is 10.7. The summed E-state index contributed by atoms with van der Waals surface area (Å²) in [5, 5.41) is 3.14. The highest BCUT2D eigenvalue weighted by Crippen LogP contribution is 2.25. The summed E-state index contributed by atoms with van der Waals surface area (Å²) >= 11 is 0. The van der Waals surface area contributed by atoms with Crippen LogP contribution in [0.4, 0.5) is 0 Å². The van der Waals surface area contributed by atoms with Gasteiger partial charge in [0.15, 0.2) is 0 Å². The van der Waals surface area contributed by atoms with Crippen LogP contribution in [0.25, 0.3) is 0 Å². The van der Waals surface area contributed by atoms with E-state index in [9.17, 15) is 9.59 Å². The van der Waals surface area contributed by atoms with Crippen LogP contribution < -0.4 is 10.1 Å². The minimum atomic E-state index is -0.0905. The molecule has 0 radical (unpaired) electrons. The second-order valence-corrected chi connectivity index (χ2v) is 8.99. The van der Waals surface area contributed by atoms with Gasteiger partial charge in [0.1, 0.15) is 5.75 Å². The molecule has 1 heterocycles. The quantitative estimate of drug-likeness (QED) is 0.673. The molecule has 2 amide bonds. The van der Waals surface area contributed by atoms with Gasteiger partial charge in [0, 0.05) is 24.7 Å². The van der Waals surface area contributed by atoms with Gasteiger partial charge in [-0.05, 0) is 74.8 Å². The average molecular weight is 435 g/mol. The second-order valence-electron chi connectivity index (χ2n) is 8.99. The average Bonchev–Trinajstić information content (AvgIpc) is 3.34. The van der Waals surface area contributed by atoms with Crippen molar-refractivity contribution in [3.63, 3.8) is 0 Å². The van der Waals surface area contributed by atoms with Gasteiger partial charge in [-0.25, -0.2) is 0 Å². The molecule has 0 spiro atoms. The zero-order valence-corrected chi connectivity index (χ0v) is 19.0. The van der Waals surface area contributed by atoms with Crippen molar-refractivity contribution in [1.82, 2.24) is 10.2 Å². The molecule has 5 heteroatoms. The van der Waals surface area contributed by atoms with E-state index >= 15 is 0 Å². The van der Waals surface area contributed by atoms with Crippen LogP contribution in [-0.4, -0.2) is 41.9 Å². The van der Waals surface area contributed by atoms with E-state index in [4.69, 9.17) is 4.74 Å². The Morgan fingerprint density at radius 2 is 1.62 bits per heavy atom. The highest BCUT2D eigenvalue weighted by molar-refractivity contribution is 5.94. The number of nitrogens with zero attached hydrogens (tertiary/aromatic N) is 1. The number of hydrogen-bond acceptors (Lipinski definition) is 3. The highest BCUT2D eigenvalue weighted by atomic mass is 16.5. The summed E-state index contributed by atoms with van der Waals surface area (Å²) < 4.78 is 5.99. The van der Waals surface area contributed by atoms with Gasteiger partial charge >= 0.3 is 0 Å². The number of ether oxygens (including phenoxy) is 1. The predicted molar refractivity (Wildman–Crippen MR) is 126 cm³/mol. The first kappa shape index (κ1) is 22.4. The molecule has 1 saturated heterocycles. The standard InChI is InChI=1S/C27H34N2O3/c1-2-25(20-8-4-3-5-9-20)27(31)29-18-16-22(17-19-29)28-26(30)21-12-14-24(15-13-21)32-23-10-6-7-11-23/h3-5,8-9,12-15,22-23,25H,2,6-7,10-11,16-19H2,1H3,(H,28,30). The van der Waals surface area contributed by atoms with Crippen LogP contribution in [0.5, 0.6) is 5.75 Å².